The summed E-state index contributed by atoms with van der Waals surface area (Å²) in [5.41, 5.74) is 4.66. The van der Waals surface area contributed by atoms with Gasteiger partial charge < -0.3 is 10.2 Å². The van der Waals surface area contributed by atoms with Crippen LogP contribution < -0.4 is 5.32 Å². The van der Waals surface area contributed by atoms with Crippen LogP contribution in [0.3, 0.4) is 0 Å². The summed E-state index contributed by atoms with van der Waals surface area (Å²) in [6, 6.07) is 10.4. The summed E-state index contributed by atoms with van der Waals surface area (Å²) in [6.07, 6.45) is 0.575. The maximum Gasteiger partial charge on any atom is 0.224 e. The number of carbonyl (C=O) groups is 1. The highest BCUT2D eigenvalue weighted by molar-refractivity contribution is 5.79. The molecule has 2 heterocycles. The maximum absolute atomic E-state index is 12.2. The Morgan fingerprint density at radius 3 is 2.65 bits per heavy atom. The second kappa shape index (κ2) is 6.54. The minimum absolute atomic E-state index is 0.213. The summed E-state index contributed by atoms with van der Waals surface area (Å²) in [4.78, 5) is 14.1. The highest BCUT2D eigenvalue weighted by atomic mass is 16.2. The number of amides is 1. The van der Waals surface area contributed by atoms with Gasteiger partial charge in [-0.3, -0.25) is 9.48 Å². The molecule has 1 aromatic heterocycles. The first kappa shape index (κ1) is 15.7. The van der Waals surface area contributed by atoms with E-state index in [4.69, 9.17) is 0 Å². The number of carbonyl (C=O) groups excluding carboxylic acids is 1. The normalized spacial score (nSPS) is 18.0. The molecule has 0 radical (unpaired) electrons. The molecular weight excluding hydrogens is 288 g/mol. The number of hydrogen-bond donors (Lipinski definition) is 1. The van der Waals surface area contributed by atoms with Gasteiger partial charge >= 0.3 is 0 Å². The second-order valence-electron chi connectivity index (χ2n) is 6.31. The predicted molar refractivity (Wildman–Crippen MR) is 89.8 cm³/mol. The SMILES string of the molecule is Cc1nn(C)c(C)c1CNC1CC(=O)N(Cc2ccccc2)C1. The molecule has 1 amide bonds. The molecule has 1 unspecified atom stereocenters. The fourth-order valence-electron chi connectivity index (χ4n) is 3.19. The monoisotopic (exact) mass is 312 g/mol. The molecule has 0 aliphatic carbocycles. The molecule has 3 rings (SSSR count). The van der Waals surface area contributed by atoms with Crippen molar-refractivity contribution in [3.05, 3.63) is 52.8 Å². The van der Waals surface area contributed by atoms with Crippen molar-refractivity contribution in [3.63, 3.8) is 0 Å². The average molecular weight is 312 g/mol. The van der Waals surface area contributed by atoms with Crippen LogP contribution in [0.25, 0.3) is 0 Å². The number of rotatable bonds is 5. The second-order valence-corrected chi connectivity index (χ2v) is 6.31. The Bertz CT molecular complexity index is 693. The van der Waals surface area contributed by atoms with Gasteiger partial charge in [0.25, 0.3) is 0 Å². The van der Waals surface area contributed by atoms with Crippen LogP contribution in [-0.2, 0) is 24.9 Å². The van der Waals surface area contributed by atoms with Gasteiger partial charge in [0.15, 0.2) is 0 Å². The Balaban J connectivity index is 1.57. The van der Waals surface area contributed by atoms with Gasteiger partial charge in [-0.2, -0.15) is 5.10 Å². The van der Waals surface area contributed by atoms with E-state index in [-0.39, 0.29) is 11.9 Å². The van der Waals surface area contributed by atoms with Crippen molar-refractivity contribution in [1.82, 2.24) is 20.0 Å². The molecule has 1 aliphatic heterocycles. The van der Waals surface area contributed by atoms with E-state index in [1.165, 1.54) is 16.8 Å². The van der Waals surface area contributed by atoms with Crippen LogP contribution in [0.15, 0.2) is 30.3 Å². The average Bonchev–Trinajstić information content (AvgIpc) is 2.99. The van der Waals surface area contributed by atoms with E-state index in [0.717, 1.165) is 18.8 Å². The van der Waals surface area contributed by atoms with E-state index >= 15 is 0 Å². The molecule has 122 valence electrons. The molecule has 2 aromatic rings. The molecule has 0 spiro atoms. The molecule has 1 N–H and O–H groups in total. The van der Waals surface area contributed by atoms with Gasteiger partial charge in [-0.1, -0.05) is 30.3 Å². The number of benzene rings is 1. The van der Waals surface area contributed by atoms with Crippen molar-refractivity contribution in [2.75, 3.05) is 6.54 Å². The van der Waals surface area contributed by atoms with Gasteiger partial charge in [0.2, 0.25) is 5.91 Å². The van der Waals surface area contributed by atoms with E-state index in [1.54, 1.807) is 0 Å². The van der Waals surface area contributed by atoms with E-state index in [2.05, 4.69) is 29.5 Å². The summed E-state index contributed by atoms with van der Waals surface area (Å²) in [7, 11) is 1.96. The number of likely N-dealkylation sites (tertiary alicyclic amines) is 1. The number of hydrogen-bond acceptors (Lipinski definition) is 3. The highest BCUT2D eigenvalue weighted by Gasteiger charge is 2.29. The quantitative estimate of drug-likeness (QED) is 0.918. The van der Waals surface area contributed by atoms with Crippen LogP contribution in [0, 0.1) is 13.8 Å². The van der Waals surface area contributed by atoms with Gasteiger partial charge in [-0.05, 0) is 19.4 Å². The fraction of sp³-hybridized carbons (Fsp3) is 0.444. The zero-order valence-electron chi connectivity index (χ0n) is 14.0. The number of aromatic nitrogens is 2. The topological polar surface area (TPSA) is 50.2 Å². The first-order chi connectivity index (χ1) is 11.0. The van der Waals surface area contributed by atoms with E-state index in [9.17, 15) is 4.79 Å². The van der Waals surface area contributed by atoms with Crippen molar-refractivity contribution in [2.45, 2.75) is 39.4 Å². The minimum Gasteiger partial charge on any atom is -0.337 e. The van der Waals surface area contributed by atoms with Gasteiger partial charge in [-0.25, -0.2) is 0 Å². The number of nitrogens with one attached hydrogen (secondary N) is 1. The van der Waals surface area contributed by atoms with Crippen molar-refractivity contribution in [1.29, 1.82) is 0 Å². The Morgan fingerprint density at radius 2 is 2.00 bits per heavy atom. The van der Waals surface area contributed by atoms with E-state index in [0.29, 0.717) is 13.0 Å². The molecular formula is C18H24N4O. The first-order valence-corrected chi connectivity index (χ1v) is 8.08. The van der Waals surface area contributed by atoms with Gasteiger partial charge in [0.1, 0.15) is 0 Å². The zero-order valence-corrected chi connectivity index (χ0v) is 14.0. The predicted octanol–water partition coefficient (Wildman–Crippen LogP) is 1.93. The summed E-state index contributed by atoms with van der Waals surface area (Å²) in [6.45, 7) is 6.35. The van der Waals surface area contributed by atoms with Crippen LogP contribution in [0.4, 0.5) is 0 Å². The summed E-state index contributed by atoms with van der Waals surface area (Å²) in [5, 5.41) is 7.96. The van der Waals surface area contributed by atoms with Crippen LogP contribution in [-0.4, -0.2) is 33.2 Å². The molecule has 0 bridgehead atoms. The fourth-order valence-corrected chi connectivity index (χ4v) is 3.19. The van der Waals surface area contributed by atoms with E-state index < -0.39 is 0 Å². The van der Waals surface area contributed by atoms with Gasteiger partial charge in [0.05, 0.1) is 5.69 Å². The smallest absolute Gasteiger partial charge is 0.224 e. The number of aryl methyl sites for hydroxylation is 2. The lowest BCUT2D eigenvalue weighted by atomic mass is 10.1. The molecule has 1 saturated heterocycles. The maximum atomic E-state index is 12.2. The van der Waals surface area contributed by atoms with Crippen molar-refractivity contribution in [2.24, 2.45) is 7.05 Å². The van der Waals surface area contributed by atoms with Crippen molar-refractivity contribution in [3.8, 4) is 0 Å². The zero-order chi connectivity index (χ0) is 16.4. The van der Waals surface area contributed by atoms with Crippen LogP contribution in [0.1, 0.15) is 28.9 Å². The Kier molecular flexibility index (Phi) is 4.48. The lowest BCUT2D eigenvalue weighted by molar-refractivity contribution is -0.128. The highest BCUT2D eigenvalue weighted by Crippen LogP contribution is 2.17. The van der Waals surface area contributed by atoms with Crippen molar-refractivity contribution < 1.29 is 4.79 Å². The molecule has 0 saturated carbocycles. The standard InChI is InChI=1S/C18H24N4O/c1-13-17(14(2)21(3)20-13)10-19-16-9-18(23)22(12-16)11-15-7-5-4-6-8-15/h4-8,16,19H,9-12H2,1-3H3. The van der Waals surface area contributed by atoms with Crippen molar-refractivity contribution >= 4 is 5.91 Å². The van der Waals surface area contributed by atoms with Crippen LogP contribution in [0.5, 0.6) is 0 Å². The molecule has 1 aromatic carbocycles. The third-order valence-electron chi connectivity index (χ3n) is 4.66. The molecule has 5 heteroatoms. The molecule has 1 fully saturated rings. The summed E-state index contributed by atoms with van der Waals surface area (Å²) >= 11 is 0. The Hall–Kier alpha value is -2.14. The van der Waals surface area contributed by atoms with Crippen LogP contribution >= 0.6 is 0 Å². The minimum atomic E-state index is 0.213. The lowest BCUT2D eigenvalue weighted by Gasteiger charge is -2.17. The Morgan fingerprint density at radius 1 is 1.26 bits per heavy atom. The third kappa shape index (κ3) is 3.45. The molecule has 1 atom stereocenters. The first-order valence-electron chi connectivity index (χ1n) is 8.08. The molecule has 5 nitrogen and oxygen atoms in total. The lowest BCUT2D eigenvalue weighted by Crippen LogP contribution is -2.32. The molecule has 1 aliphatic rings. The Labute approximate surface area is 137 Å². The summed E-state index contributed by atoms with van der Waals surface area (Å²) < 4.78 is 1.91. The summed E-state index contributed by atoms with van der Waals surface area (Å²) in [5.74, 6) is 0.228. The molecule has 23 heavy (non-hydrogen) atoms. The third-order valence-corrected chi connectivity index (χ3v) is 4.66. The number of nitrogens with zero attached hydrogens (tertiary/aromatic N) is 3. The van der Waals surface area contributed by atoms with Gasteiger partial charge in [-0.15, -0.1) is 0 Å². The van der Waals surface area contributed by atoms with E-state index in [1.807, 2.05) is 41.8 Å². The van der Waals surface area contributed by atoms with Gasteiger partial charge in [0, 0.05) is 50.4 Å². The largest absolute Gasteiger partial charge is 0.337 e. The van der Waals surface area contributed by atoms with Crippen LogP contribution in [0.2, 0.25) is 0 Å².